The van der Waals surface area contributed by atoms with Gasteiger partial charge in [0.1, 0.15) is 5.82 Å². The smallest absolute Gasteiger partial charge is 0.132 e. The van der Waals surface area contributed by atoms with E-state index in [1.165, 1.54) is 6.07 Å². The molecule has 0 aliphatic rings. The molecule has 3 aromatic rings. The molecule has 0 fully saturated rings. The van der Waals surface area contributed by atoms with Crippen molar-refractivity contribution < 1.29 is 4.39 Å². The van der Waals surface area contributed by atoms with Crippen LogP contribution in [-0.4, -0.2) is 4.98 Å². The van der Waals surface area contributed by atoms with Crippen LogP contribution in [0.2, 0.25) is 5.02 Å². The first-order valence-corrected chi connectivity index (χ1v) is 7.71. The summed E-state index contributed by atoms with van der Waals surface area (Å²) < 4.78 is 13.8. The molecule has 106 valence electrons. The van der Waals surface area contributed by atoms with Gasteiger partial charge in [-0.25, -0.2) is 4.39 Å². The fraction of sp³-hybridized carbons (Fsp3) is 0.0625. The van der Waals surface area contributed by atoms with Gasteiger partial charge < -0.3 is 5.73 Å². The molecule has 5 heteroatoms. The third-order valence-electron chi connectivity index (χ3n) is 3.14. The number of nitrogen functional groups attached to an aromatic ring is 1. The minimum Gasteiger partial charge on any atom is -0.399 e. The number of pyridine rings is 1. The first-order chi connectivity index (χ1) is 10.1. The molecular formula is C16H12ClFN2S. The molecule has 2 N–H and O–H groups in total. The quantitative estimate of drug-likeness (QED) is 0.551. The molecule has 3 rings (SSSR count). The van der Waals surface area contributed by atoms with Gasteiger partial charge in [-0.1, -0.05) is 17.7 Å². The molecule has 1 heterocycles. The van der Waals surface area contributed by atoms with Gasteiger partial charge in [0.05, 0.1) is 10.5 Å². The van der Waals surface area contributed by atoms with Crippen LogP contribution in [0.3, 0.4) is 0 Å². The van der Waals surface area contributed by atoms with Crippen molar-refractivity contribution in [2.45, 2.75) is 10.6 Å². The second-order valence-electron chi connectivity index (χ2n) is 4.58. The van der Waals surface area contributed by atoms with Crippen LogP contribution in [0.4, 0.5) is 10.1 Å². The molecular weight excluding hydrogens is 307 g/mol. The van der Waals surface area contributed by atoms with Gasteiger partial charge in [-0.3, -0.25) is 4.98 Å². The van der Waals surface area contributed by atoms with E-state index in [0.29, 0.717) is 27.4 Å². The fourth-order valence-corrected chi connectivity index (χ4v) is 3.36. The molecule has 0 saturated heterocycles. The Morgan fingerprint density at radius 3 is 2.86 bits per heavy atom. The number of aromatic nitrogens is 1. The van der Waals surface area contributed by atoms with Crippen molar-refractivity contribution >= 4 is 40.0 Å². The molecule has 0 radical (unpaired) electrons. The number of anilines is 1. The molecule has 0 spiro atoms. The van der Waals surface area contributed by atoms with Crippen LogP contribution in [0.1, 0.15) is 5.56 Å². The summed E-state index contributed by atoms with van der Waals surface area (Å²) in [5, 5.41) is 1.17. The SMILES string of the molecule is Nc1ccc(SCc2ccc(F)c3cccnc23)c(Cl)c1. The van der Waals surface area contributed by atoms with Crippen LogP contribution in [0.15, 0.2) is 53.6 Å². The minimum absolute atomic E-state index is 0.252. The third kappa shape index (κ3) is 2.96. The Morgan fingerprint density at radius 1 is 1.19 bits per heavy atom. The van der Waals surface area contributed by atoms with E-state index in [1.54, 1.807) is 42.2 Å². The number of hydrogen-bond donors (Lipinski definition) is 1. The number of benzene rings is 2. The van der Waals surface area contributed by atoms with E-state index in [9.17, 15) is 4.39 Å². The third-order valence-corrected chi connectivity index (χ3v) is 4.69. The number of nitrogens with two attached hydrogens (primary N) is 1. The highest BCUT2D eigenvalue weighted by molar-refractivity contribution is 7.98. The van der Waals surface area contributed by atoms with Crippen molar-refractivity contribution in [3.63, 3.8) is 0 Å². The summed E-state index contributed by atoms with van der Waals surface area (Å²) in [6.07, 6.45) is 1.67. The molecule has 2 aromatic carbocycles. The monoisotopic (exact) mass is 318 g/mol. The van der Waals surface area contributed by atoms with Crippen molar-refractivity contribution in [1.29, 1.82) is 0 Å². The zero-order valence-electron chi connectivity index (χ0n) is 11.0. The van der Waals surface area contributed by atoms with E-state index in [0.717, 1.165) is 10.5 Å². The van der Waals surface area contributed by atoms with Gasteiger partial charge in [-0.15, -0.1) is 11.8 Å². The first kappa shape index (κ1) is 14.2. The van der Waals surface area contributed by atoms with Crippen LogP contribution in [0, 0.1) is 5.82 Å². The summed E-state index contributed by atoms with van der Waals surface area (Å²) in [7, 11) is 0. The average molecular weight is 319 g/mol. The number of thioether (sulfide) groups is 1. The van der Waals surface area contributed by atoms with Gasteiger partial charge in [-0.2, -0.15) is 0 Å². The van der Waals surface area contributed by atoms with Gasteiger partial charge in [0.25, 0.3) is 0 Å². The Kier molecular flexibility index (Phi) is 3.99. The standard InChI is InChI=1S/C16H12ClFN2S/c17-13-8-11(19)4-6-15(13)21-9-10-3-5-14(18)12-2-1-7-20-16(10)12/h1-8H,9,19H2. The summed E-state index contributed by atoms with van der Waals surface area (Å²) in [6, 6.07) is 12.1. The lowest BCUT2D eigenvalue weighted by atomic mass is 10.1. The molecule has 0 aliphatic heterocycles. The van der Waals surface area contributed by atoms with Crippen LogP contribution < -0.4 is 5.73 Å². The number of halogens is 2. The minimum atomic E-state index is -0.252. The predicted molar refractivity (Wildman–Crippen MR) is 87.1 cm³/mol. The molecule has 0 unspecified atom stereocenters. The highest BCUT2D eigenvalue weighted by Gasteiger charge is 2.08. The lowest BCUT2D eigenvalue weighted by molar-refractivity contribution is 0.639. The van der Waals surface area contributed by atoms with Crippen LogP contribution in [-0.2, 0) is 5.75 Å². The van der Waals surface area contributed by atoms with Gasteiger partial charge in [-0.05, 0) is 42.0 Å². The number of hydrogen-bond acceptors (Lipinski definition) is 3. The first-order valence-electron chi connectivity index (χ1n) is 6.35. The fourth-order valence-electron chi connectivity index (χ4n) is 2.10. The second-order valence-corrected chi connectivity index (χ2v) is 6.01. The van der Waals surface area contributed by atoms with Crippen LogP contribution in [0.25, 0.3) is 10.9 Å². The Bertz CT molecular complexity index is 807. The molecule has 21 heavy (non-hydrogen) atoms. The van der Waals surface area contributed by atoms with E-state index in [1.807, 2.05) is 12.1 Å². The Labute approximate surface area is 131 Å². The predicted octanol–water partition coefficient (Wildman–Crippen LogP) is 4.90. The summed E-state index contributed by atoms with van der Waals surface area (Å²) >= 11 is 7.74. The van der Waals surface area contributed by atoms with Crippen LogP contribution >= 0.6 is 23.4 Å². The maximum atomic E-state index is 13.8. The van der Waals surface area contributed by atoms with Gasteiger partial charge in [0.2, 0.25) is 0 Å². The lowest BCUT2D eigenvalue weighted by Gasteiger charge is -2.08. The van der Waals surface area contributed by atoms with Crippen molar-refractivity contribution in [3.8, 4) is 0 Å². The zero-order chi connectivity index (χ0) is 14.8. The average Bonchev–Trinajstić information content (AvgIpc) is 2.48. The maximum Gasteiger partial charge on any atom is 0.132 e. The summed E-state index contributed by atoms with van der Waals surface area (Å²) in [6.45, 7) is 0. The van der Waals surface area contributed by atoms with Crippen LogP contribution in [0.5, 0.6) is 0 Å². The van der Waals surface area contributed by atoms with Crippen molar-refractivity contribution in [1.82, 2.24) is 4.98 Å². The maximum absolute atomic E-state index is 13.8. The molecule has 2 nitrogen and oxygen atoms in total. The van der Waals surface area contributed by atoms with Gasteiger partial charge in [0.15, 0.2) is 0 Å². The Balaban J connectivity index is 1.90. The van der Waals surface area contributed by atoms with E-state index >= 15 is 0 Å². The summed E-state index contributed by atoms with van der Waals surface area (Å²) in [5.74, 6) is 0.412. The summed E-state index contributed by atoms with van der Waals surface area (Å²) in [4.78, 5) is 5.23. The Morgan fingerprint density at radius 2 is 2.05 bits per heavy atom. The van der Waals surface area contributed by atoms with E-state index in [4.69, 9.17) is 17.3 Å². The second kappa shape index (κ2) is 5.92. The van der Waals surface area contributed by atoms with Gasteiger partial charge >= 0.3 is 0 Å². The topological polar surface area (TPSA) is 38.9 Å². The molecule has 0 bridgehead atoms. The number of fused-ring (bicyclic) bond motifs is 1. The van der Waals surface area contributed by atoms with E-state index < -0.39 is 0 Å². The highest BCUT2D eigenvalue weighted by Crippen LogP contribution is 2.32. The number of nitrogens with zero attached hydrogens (tertiary/aromatic N) is 1. The van der Waals surface area contributed by atoms with Crippen molar-refractivity contribution in [2.24, 2.45) is 0 Å². The van der Waals surface area contributed by atoms with E-state index in [-0.39, 0.29) is 5.82 Å². The highest BCUT2D eigenvalue weighted by atomic mass is 35.5. The zero-order valence-corrected chi connectivity index (χ0v) is 12.6. The van der Waals surface area contributed by atoms with Gasteiger partial charge in [0, 0.05) is 27.9 Å². The molecule has 0 atom stereocenters. The normalized spacial score (nSPS) is 11.0. The molecule has 0 saturated carbocycles. The molecule has 0 aliphatic carbocycles. The number of rotatable bonds is 3. The molecule has 1 aromatic heterocycles. The summed E-state index contributed by atoms with van der Waals surface area (Å²) in [5.41, 5.74) is 7.99. The lowest BCUT2D eigenvalue weighted by Crippen LogP contribution is -1.90. The molecule has 0 amide bonds. The van der Waals surface area contributed by atoms with Crippen molar-refractivity contribution in [3.05, 3.63) is 65.1 Å². The Hall–Kier alpha value is -1.78. The van der Waals surface area contributed by atoms with Crippen molar-refractivity contribution in [2.75, 3.05) is 5.73 Å². The van der Waals surface area contributed by atoms with E-state index in [2.05, 4.69) is 4.98 Å². The largest absolute Gasteiger partial charge is 0.399 e.